The molecule has 3 rings (SSSR count). The summed E-state index contributed by atoms with van der Waals surface area (Å²) in [6.45, 7) is 1.43. The number of aliphatic hydroxyl groups excluding tert-OH is 1. The van der Waals surface area contributed by atoms with E-state index in [2.05, 4.69) is 10.3 Å². The van der Waals surface area contributed by atoms with Crippen LogP contribution in [0.1, 0.15) is 22.8 Å². The largest absolute Gasteiger partial charge is 0.392 e. The molecule has 1 unspecified atom stereocenters. The first-order valence-electron chi connectivity index (χ1n) is 9.23. The summed E-state index contributed by atoms with van der Waals surface area (Å²) in [6, 6.07) is 17.0. The van der Waals surface area contributed by atoms with Crippen LogP contribution in [0.4, 0.5) is 5.69 Å². The first kappa shape index (κ1) is 22.0. The van der Waals surface area contributed by atoms with Gasteiger partial charge in [0.2, 0.25) is 0 Å². The molecule has 2 aromatic carbocycles. The number of hydrogen-bond acceptors (Lipinski definition) is 5. The predicted molar refractivity (Wildman–Crippen MR) is 118 cm³/mol. The van der Waals surface area contributed by atoms with Crippen LogP contribution in [0.25, 0.3) is 11.3 Å². The normalized spacial score (nSPS) is 12.4. The van der Waals surface area contributed by atoms with Crippen LogP contribution in [0.5, 0.6) is 0 Å². The molecule has 2 N–H and O–H groups in total. The Balaban J connectivity index is 1.72. The number of nitrogens with one attached hydrogen (secondary N) is 1. The number of amides is 1. The van der Waals surface area contributed by atoms with E-state index in [4.69, 9.17) is 11.6 Å². The van der Waals surface area contributed by atoms with Gasteiger partial charge in [-0.05, 0) is 55.0 Å². The quantitative estimate of drug-likeness (QED) is 0.575. The van der Waals surface area contributed by atoms with Crippen molar-refractivity contribution in [2.75, 3.05) is 11.1 Å². The summed E-state index contributed by atoms with van der Waals surface area (Å²) in [5, 5.41) is 12.6. The van der Waals surface area contributed by atoms with Gasteiger partial charge in [-0.15, -0.1) is 0 Å². The lowest BCUT2D eigenvalue weighted by Crippen LogP contribution is -2.19. The molecule has 0 aliphatic heterocycles. The van der Waals surface area contributed by atoms with Gasteiger partial charge in [-0.1, -0.05) is 29.8 Å². The van der Waals surface area contributed by atoms with Crippen LogP contribution in [0, 0.1) is 0 Å². The molecule has 0 aliphatic rings. The fourth-order valence-electron chi connectivity index (χ4n) is 2.96. The molecule has 0 radical (unpaired) electrons. The number of pyridine rings is 1. The fourth-order valence-corrected chi connectivity index (χ4v) is 4.72. The van der Waals surface area contributed by atoms with Crippen LogP contribution in [0.2, 0.25) is 5.02 Å². The lowest BCUT2D eigenvalue weighted by atomic mass is 10.1. The lowest BCUT2D eigenvalue weighted by Gasteiger charge is -2.10. The number of aliphatic hydroxyl groups is 1. The molecule has 1 atom stereocenters. The predicted octanol–water partition coefficient (Wildman–Crippen LogP) is 3.95. The number of benzene rings is 2. The molecule has 6 nitrogen and oxygen atoms in total. The first-order chi connectivity index (χ1) is 14.2. The van der Waals surface area contributed by atoms with Crippen molar-refractivity contribution >= 4 is 33.0 Å². The van der Waals surface area contributed by atoms with Crippen LogP contribution in [-0.2, 0) is 15.6 Å². The minimum atomic E-state index is -3.42. The second-order valence-corrected chi connectivity index (χ2v) is 9.48. The number of carbonyl (C=O) groups excluding carboxylic acids is 1. The molecule has 0 saturated carbocycles. The van der Waals surface area contributed by atoms with Gasteiger partial charge in [-0.25, -0.2) is 8.42 Å². The van der Waals surface area contributed by atoms with E-state index in [1.807, 2.05) is 18.2 Å². The van der Waals surface area contributed by atoms with Crippen LogP contribution < -0.4 is 5.32 Å². The number of anilines is 1. The van der Waals surface area contributed by atoms with Crippen molar-refractivity contribution in [2.45, 2.75) is 18.8 Å². The van der Waals surface area contributed by atoms with E-state index in [0.29, 0.717) is 33.1 Å². The minimum Gasteiger partial charge on any atom is -0.392 e. The van der Waals surface area contributed by atoms with E-state index in [0.717, 1.165) is 0 Å². The SMILES string of the molecule is CC(O)CS(=O)(=O)Cc1ccc(C(=O)Nc2ccc(Cl)c(-c3ccccn3)c2)cc1. The average Bonchev–Trinajstić information content (AvgIpc) is 2.69. The molecule has 1 heterocycles. The summed E-state index contributed by atoms with van der Waals surface area (Å²) in [6.07, 6.45) is 0.746. The number of rotatable bonds is 7. The van der Waals surface area contributed by atoms with Gasteiger partial charge in [0.15, 0.2) is 9.84 Å². The molecule has 3 aromatic rings. The molecule has 156 valence electrons. The second kappa shape index (κ2) is 9.38. The van der Waals surface area contributed by atoms with Gasteiger partial charge in [0.25, 0.3) is 5.91 Å². The molecule has 8 heteroatoms. The van der Waals surface area contributed by atoms with Crippen molar-refractivity contribution in [1.82, 2.24) is 4.98 Å². The summed E-state index contributed by atoms with van der Waals surface area (Å²) in [7, 11) is -3.42. The third-order valence-corrected chi connectivity index (χ3v) is 6.36. The Labute approximate surface area is 180 Å². The Morgan fingerprint density at radius 3 is 2.50 bits per heavy atom. The molecule has 30 heavy (non-hydrogen) atoms. The Morgan fingerprint density at radius 1 is 1.13 bits per heavy atom. The van der Waals surface area contributed by atoms with E-state index in [9.17, 15) is 18.3 Å². The number of aromatic nitrogens is 1. The van der Waals surface area contributed by atoms with Gasteiger partial charge < -0.3 is 10.4 Å². The number of nitrogens with zero attached hydrogens (tertiary/aromatic N) is 1. The van der Waals surface area contributed by atoms with Crippen molar-refractivity contribution in [3.8, 4) is 11.3 Å². The molecule has 0 spiro atoms. The van der Waals surface area contributed by atoms with E-state index in [1.165, 1.54) is 6.92 Å². The van der Waals surface area contributed by atoms with Gasteiger partial charge in [0.1, 0.15) is 0 Å². The van der Waals surface area contributed by atoms with Crippen molar-refractivity contribution in [1.29, 1.82) is 0 Å². The van der Waals surface area contributed by atoms with E-state index in [1.54, 1.807) is 48.7 Å². The number of hydrogen-bond donors (Lipinski definition) is 2. The summed E-state index contributed by atoms with van der Waals surface area (Å²) < 4.78 is 24.0. The molecular formula is C22H21ClN2O4S. The summed E-state index contributed by atoms with van der Waals surface area (Å²) in [5.74, 6) is -0.822. The summed E-state index contributed by atoms with van der Waals surface area (Å²) >= 11 is 6.27. The molecule has 0 fully saturated rings. The third kappa shape index (κ3) is 5.89. The van der Waals surface area contributed by atoms with Gasteiger partial charge in [-0.3, -0.25) is 9.78 Å². The summed E-state index contributed by atoms with van der Waals surface area (Å²) in [4.78, 5) is 16.9. The summed E-state index contributed by atoms with van der Waals surface area (Å²) in [5.41, 5.74) is 2.90. The Kier molecular flexibility index (Phi) is 6.87. The topological polar surface area (TPSA) is 96.4 Å². The molecule has 1 aromatic heterocycles. The van der Waals surface area contributed by atoms with E-state index in [-0.39, 0.29) is 17.4 Å². The van der Waals surface area contributed by atoms with Crippen LogP contribution in [-0.4, -0.2) is 36.3 Å². The Bertz CT molecular complexity index is 1130. The highest BCUT2D eigenvalue weighted by atomic mass is 35.5. The van der Waals surface area contributed by atoms with Crippen LogP contribution in [0.3, 0.4) is 0 Å². The van der Waals surface area contributed by atoms with Crippen molar-refractivity contribution < 1.29 is 18.3 Å². The number of halogens is 1. The molecular weight excluding hydrogens is 424 g/mol. The van der Waals surface area contributed by atoms with Crippen molar-refractivity contribution in [3.63, 3.8) is 0 Å². The molecule has 0 aliphatic carbocycles. The maximum atomic E-state index is 12.6. The smallest absolute Gasteiger partial charge is 0.255 e. The van der Waals surface area contributed by atoms with Gasteiger partial charge in [0, 0.05) is 23.0 Å². The average molecular weight is 445 g/mol. The zero-order valence-corrected chi connectivity index (χ0v) is 17.8. The van der Waals surface area contributed by atoms with Gasteiger partial charge >= 0.3 is 0 Å². The van der Waals surface area contributed by atoms with Gasteiger partial charge in [0.05, 0.1) is 28.3 Å². The van der Waals surface area contributed by atoms with E-state index >= 15 is 0 Å². The number of sulfone groups is 1. The highest BCUT2D eigenvalue weighted by Crippen LogP contribution is 2.29. The molecule has 0 saturated heterocycles. The van der Waals surface area contributed by atoms with Gasteiger partial charge in [-0.2, -0.15) is 0 Å². The molecule has 0 bridgehead atoms. The zero-order chi connectivity index (χ0) is 21.7. The number of carbonyl (C=O) groups is 1. The zero-order valence-electron chi connectivity index (χ0n) is 16.2. The van der Waals surface area contributed by atoms with Crippen LogP contribution >= 0.6 is 11.6 Å². The fraction of sp³-hybridized carbons (Fsp3) is 0.182. The second-order valence-electron chi connectivity index (χ2n) is 6.96. The van der Waals surface area contributed by atoms with Crippen LogP contribution in [0.15, 0.2) is 66.9 Å². The third-order valence-electron chi connectivity index (χ3n) is 4.26. The highest BCUT2D eigenvalue weighted by Gasteiger charge is 2.16. The first-order valence-corrected chi connectivity index (χ1v) is 11.4. The highest BCUT2D eigenvalue weighted by molar-refractivity contribution is 7.90. The van der Waals surface area contributed by atoms with Crippen molar-refractivity contribution in [2.24, 2.45) is 0 Å². The minimum absolute atomic E-state index is 0.190. The monoisotopic (exact) mass is 444 g/mol. The van der Waals surface area contributed by atoms with E-state index < -0.39 is 15.9 Å². The standard InChI is InChI=1S/C22H21ClN2O4S/c1-15(26)13-30(28,29)14-16-5-7-17(8-6-16)22(27)25-18-9-10-20(23)19(12-18)21-4-2-3-11-24-21/h2-12,15,26H,13-14H2,1H3,(H,25,27). The Hall–Kier alpha value is -2.74. The Morgan fingerprint density at radius 2 is 1.87 bits per heavy atom. The molecule has 1 amide bonds. The maximum absolute atomic E-state index is 12.6. The lowest BCUT2D eigenvalue weighted by molar-refractivity contribution is 0.102. The maximum Gasteiger partial charge on any atom is 0.255 e. The van der Waals surface area contributed by atoms with Crippen molar-refractivity contribution in [3.05, 3.63) is 83.0 Å².